The monoisotopic (exact) mass is 394 g/mol. The molecule has 4 rings (SSSR count). The largest absolute Gasteiger partial charge is 0.473 e. The number of hydrogen-bond donors (Lipinski definition) is 1. The van der Waals surface area contributed by atoms with E-state index in [-0.39, 0.29) is 17.8 Å². The van der Waals surface area contributed by atoms with Crippen LogP contribution in [0, 0.1) is 5.82 Å². The zero-order valence-electron chi connectivity index (χ0n) is 15.1. The Bertz CT molecular complexity index is 981. The van der Waals surface area contributed by atoms with E-state index in [4.69, 9.17) is 4.74 Å². The van der Waals surface area contributed by atoms with Crippen molar-refractivity contribution in [3.05, 3.63) is 89.4 Å². The maximum atomic E-state index is 13.7. The van der Waals surface area contributed by atoms with E-state index in [0.29, 0.717) is 18.1 Å². The van der Waals surface area contributed by atoms with Crippen LogP contribution in [0.3, 0.4) is 0 Å². The Labute approximate surface area is 167 Å². The first kappa shape index (κ1) is 18.5. The standard InChI is InChI=1S/C22H19FN2O2S/c23-17-6-7-20-18(13-17)19(9-11-28-20)25-22(26)16-8-10-24-21(12-16)27-14-15-4-2-1-3-5-15/h1-8,10,12-13,19H,9,11,14H2,(H,25,26)/t19-/m1/s1. The molecule has 0 bridgehead atoms. The predicted octanol–water partition coefficient (Wildman–Crippen LogP) is 4.77. The first-order chi connectivity index (χ1) is 13.7. The van der Waals surface area contributed by atoms with Crippen LogP contribution in [0.1, 0.15) is 33.9 Å². The summed E-state index contributed by atoms with van der Waals surface area (Å²) in [7, 11) is 0. The normalized spacial score (nSPS) is 15.5. The lowest BCUT2D eigenvalue weighted by molar-refractivity contribution is 0.0934. The van der Waals surface area contributed by atoms with Gasteiger partial charge in [0.1, 0.15) is 12.4 Å². The van der Waals surface area contributed by atoms with E-state index in [0.717, 1.165) is 28.2 Å². The van der Waals surface area contributed by atoms with Crippen molar-refractivity contribution in [1.82, 2.24) is 10.3 Å². The fraction of sp³-hybridized carbons (Fsp3) is 0.182. The van der Waals surface area contributed by atoms with E-state index in [1.165, 1.54) is 12.1 Å². The van der Waals surface area contributed by atoms with E-state index >= 15 is 0 Å². The van der Waals surface area contributed by atoms with Gasteiger partial charge in [-0.1, -0.05) is 30.3 Å². The Morgan fingerprint density at radius 2 is 2.04 bits per heavy atom. The second-order valence-electron chi connectivity index (χ2n) is 6.50. The van der Waals surface area contributed by atoms with Crippen LogP contribution in [0.4, 0.5) is 4.39 Å². The van der Waals surface area contributed by atoms with Gasteiger partial charge in [0.25, 0.3) is 5.91 Å². The van der Waals surface area contributed by atoms with Crippen molar-refractivity contribution in [3.8, 4) is 5.88 Å². The number of carbonyl (C=O) groups is 1. The van der Waals surface area contributed by atoms with E-state index < -0.39 is 0 Å². The van der Waals surface area contributed by atoms with E-state index in [1.54, 1.807) is 36.2 Å². The van der Waals surface area contributed by atoms with Gasteiger partial charge in [0, 0.05) is 28.5 Å². The van der Waals surface area contributed by atoms with Gasteiger partial charge >= 0.3 is 0 Å². The number of aromatic nitrogens is 1. The highest BCUT2D eigenvalue weighted by atomic mass is 32.2. The number of rotatable bonds is 5. The smallest absolute Gasteiger partial charge is 0.252 e. The summed E-state index contributed by atoms with van der Waals surface area (Å²) in [6, 6.07) is 17.6. The number of carbonyl (C=O) groups excluding carboxylic acids is 1. The lowest BCUT2D eigenvalue weighted by atomic mass is 10.0. The van der Waals surface area contributed by atoms with E-state index in [1.807, 2.05) is 30.3 Å². The second-order valence-corrected chi connectivity index (χ2v) is 7.64. The highest BCUT2D eigenvalue weighted by molar-refractivity contribution is 7.99. The number of ether oxygens (including phenoxy) is 1. The average molecular weight is 394 g/mol. The molecule has 142 valence electrons. The molecule has 6 heteroatoms. The number of nitrogens with one attached hydrogen (secondary N) is 1. The third-order valence-electron chi connectivity index (χ3n) is 4.54. The Morgan fingerprint density at radius 3 is 2.89 bits per heavy atom. The second kappa shape index (κ2) is 8.44. The molecule has 2 heterocycles. The maximum absolute atomic E-state index is 13.7. The van der Waals surface area contributed by atoms with Gasteiger partial charge in [0.15, 0.2) is 0 Å². The van der Waals surface area contributed by atoms with Crippen LogP contribution in [0.15, 0.2) is 71.8 Å². The molecule has 4 nitrogen and oxygen atoms in total. The average Bonchev–Trinajstić information content (AvgIpc) is 2.73. The summed E-state index contributed by atoms with van der Waals surface area (Å²) in [5.74, 6) is 0.757. The molecule has 1 amide bonds. The molecular formula is C22H19FN2O2S. The van der Waals surface area contributed by atoms with Crippen LogP contribution in [0.25, 0.3) is 0 Å². The topological polar surface area (TPSA) is 51.2 Å². The summed E-state index contributed by atoms with van der Waals surface area (Å²) in [4.78, 5) is 17.9. The molecule has 0 spiro atoms. The van der Waals surface area contributed by atoms with Gasteiger partial charge in [0.2, 0.25) is 5.88 Å². The molecule has 28 heavy (non-hydrogen) atoms. The Hall–Kier alpha value is -2.86. The highest BCUT2D eigenvalue weighted by Gasteiger charge is 2.23. The zero-order chi connectivity index (χ0) is 19.3. The molecule has 0 radical (unpaired) electrons. The number of hydrogen-bond acceptors (Lipinski definition) is 4. The van der Waals surface area contributed by atoms with E-state index in [2.05, 4.69) is 10.3 Å². The molecule has 1 N–H and O–H groups in total. The quantitative estimate of drug-likeness (QED) is 0.677. The van der Waals surface area contributed by atoms with Gasteiger partial charge in [-0.05, 0) is 41.8 Å². The minimum Gasteiger partial charge on any atom is -0.473 e. The fourth-order valence-corrected chi connectivity index (χ4v) is 4.22. The number of nitrogens with zero attached hydrogens (tertiary/aromatic N) is 1. The Balaban J connectivity index is 1.45. The van der Waals surface area contributed by atoms with Gasteiger partial charge in [-0.2, -0.15) is 0 Å². The summed E-state index contributed by atoms with van der Waals surface area (Å²) in [5, 5.41) is 3.02. The molecule has 0 aliphatic carbocycles. The third kappa shape index (κ3) is 4.34. The van der Waals surface area contributed by atoms with Crippen molar-refractivity contribution in [2.75, 3.05) is 5.75 Å². The van der Waals surface area contributed by atoms with Gasteiger partial charge in [-0.3, -0.25) is 4.79 Å². The predicted molar refractivity (Wildman–Crippen MR) is 107 cm³/mol. The lowest BCUT2D eigenvalue weighted by Crippen LogP contribution is -2.30. The zero-order valence-corrected chi connectivity index (χ0v) is 15.9. The summed E-state index contributed by atoms with van der Waals surface area (Å²) in [6.45, 7) is 0.380. The van der Waals surface area contributed by atoms with Crippen molar-refractivity contribution in [2.45, 2.75) is 24.0 Å². The van der Waals surface area contributed by atoms with Crippen molar-refractivity contribution in [2.24, 2.45) is 0 Å². The molecule has 0 fully saturated rings. The Kier molecular flexibility index (Phi) is 5.58. The summed E-state index contributed by atoms with van der Waals surface area (Å²) >= 11 is 1.68. The maximum Gasteiger partial charge on any atom is 0.252 e. The Morgan fingerprint density at radius 1 is 1.18 bits per heavy atom. The minimum atomic E-state index is -0.291. The van der Waals surface area contributed by atoms with Crippen molar-refractivity contribution in [1.29, 1.82) is 0 Å². The molecule has 1 aliphatic heterocycles. The molecule has 1 atom stereocenters. The van der Waals surface area contributed by atoms with Crippen LogP contribution in [0.5, 0.6) is 5.88 Å². The molecule has 1 aromatic heterocycles. The van der Waals surface area contributed by atoms with Gasteiger partial charge in [-0.25, -0.2) is 9.37 Å². The number of amides is 1. The fourth-order valence-electron chi connectivity index (χ4n) is 3.12. The van der Waals surface area contributed by atoms with Gasteiger partial charge < -0.3 is 10.1 Å². The minimum absolute atomic E-state index is 0.207. The summed E-state index contributed by atoms with van der Waals surface area (Å²) < 4.78 is 19.4. The van der Waals surface area contributed by atoms with Gasteiger partial charge in [0.05, 0.1) is 6.04 Å². The van der Waals surface area contributed by atoms with Crippen molar-refractivity contribution >= 4 is 17.7 Å². The number of halogens is 1. The number of pyridine rings is 1. The molecule has 1 aliphatic rings. The van der Waals surface area contributed by atoms with Crippen LogP contribution in [-0.4, -0.2) is 16.6 Å². The van der Waals surface area contributed by atoms with E-state index in [9.17, 15) is 9.18 Å². The van der Waals surface area contributed by atoms with Crippen LogP contribution >= 0.6 is 11.8 Å². The first-order valence-electron chi connectivity index (χ1n) is 9.05. The third-order valence-corrected chi connectivity index (χ3v) is 5.67. The number of benzene rings is 2. The summed E-state index contributed by atoms with van der Waals surface area (Å²) in [5.41, 5.74) is 2.32. The highest BCUT2D eigenvalue weighted by Crippen LogP contribution is 2.36. The van der Waals surface area contributed by atoms with Crippen LogP contribution < -0.4 is 10.1 Å². The van der Waals surface area contributed by atoms with Crippen LogP contribution in [-0.2, 0) is 6.61 Å². The first-order valence-corrected chi connectivity index (χ1v) is 10.0. The molecule has 3 aromatic rings. The number of fused-ring (bicyclic) bond motifs is 1. The molecule has 0 unspecified atom stereocenters. The molecule has 0 saturated carbocycles. The van der Waals surface area contributed by atoms with Crippen molar-refractivity contribution < 1.29 is 13.9 Å². The lowest BCUT2D eigenvalue weighted by Gasteiger charge is -2.26. The molecule has 0 saturated heterocycles. The molecular weight excluding hydrogens is 375 g/mol. The summed E-state index contributed by atoms with van der Waals surface area (Å²) in [6.07, 6.45) is 2.31. The van der Waals surface area contributed by atoms with Crippen molar-refractivity contribution in [3.63, 3.8) is 0 Å². The number of thioether (sulfide) groups is 1. The molecule has 2 aromatic carbocycles. The van der Waals surface area contributed by atoms with Crippen LogP contribution in [0.2, 0.25) is 0 Å². The SMILES string of the molecule is O=C(N[C@@H]1CCSc2ccc(F)cc21)c1ccnc(OCc2ccccc2)c1. The van der Waals surface area contributed by atoms with Gasteiger partial charge in [-0.15, -0.1) is 11.8 Å².